The van der Waals surface area contributed by atoms with E-state index in [1.807, 2.05) is 6.07 Å². The van der Waals surface area contributed by atoms with Gasteiger partial charge in [-0.15, -0.1) is 0 Å². The highest BCUT2D eigenvalue weighted by molar-refractivity contribution is 5.43. The Kier molecular flexibility index (Phi) is 4.13. The van der Waals surface area contributed by atoms with Crippen molar-refractivity contribution in [2.24, 2.45) is 5.73 Å². The molecule has 110 valence electrons. The minimum atomic E-state index is 0.366. The molecular weight excluding hydrogens is 252 g/mol. The highest BCUT2D eigenvalue weighted by atomic mass is 16.5. The molecule has 0 radical (unpaired) electrons. The summed E-state index contributed by atoms with van der Waals surface area (Å²) in [6, 6.07) is 7.23. The molecule has 4 heteroatoms. The maximum atomic E-state index is 6.03. The molecule has 0 saturated carbocycles. The van der Waals surface area contributed by atoms with Crippen LogP contribution in [0.4, 0.5) is 0 Å². The summed E-state index contributed by atoms with van der Waals surface area (Å²) in [5, 5.41) is 0. The molecule has 1 aromatic carbocycles. The molecule has 0 amide bonds. The van der Waals surface area contributed by atoms with Gasteiger partial charge in [0, 0.05) is 31.6 Å². The van der Waals surface area contributed by atoms with Gasteiger partial charge in [-0.05, 0) is 37.5 Å². The van der Waals surface area contributed by atoms with Crippen molar-refractivity contribution in [1.82, 2.24) is 4.90 Å². The van der Waals surface area contributed by atoms with E-state index in [4.69, 9.17) is 15.2 Å². The lowest BCUT2D eigenvalue weighted by molar-refractivity contribution is 0.140. The maximum Gasteiger partial charge on any atom is 0.161 e. The van der Waals surface area contributed by atoms with Gasteiger partial charge in [0.1, 0.15) is 0 Å². The number of hydrogen-bond acceptors (Lipinski definition) is 4. The predicted octanol–water partition coefficient (Wildman–Crippen LogP) is 2.16. The molecule has 1 fully saturated rings. The van der Waals surface area contributed by atoms with E-state index >= 15 is 0 Å². The molecule has 2 atom stereocenters. The van der Waals surface area contributed by atoms with E-state index in [2.05, 4.69) is 24.0 Å². The molecule has 0 spiro atoms. The third kappa shape index (κ3) is 3.07. The minimum Gasteiger partial charge on any atom is -0.490 e. The Hall–Kier alpha value is -1.26. The summed E-state index contributed by atoms with van der Waals surface area (Å²) in [6.45, 7) is 5.79. The van der Waals surface area contributed by atoms with Crippen molar-refractivity contribution in [3.8, 4) is 11.5 Å². The van der Waals surface area contributed by atoms with E-state index in [1.165, 1.54) is 5.56 Å². The number of nitrogens with zero attached hydrogens (tertiary/aromatic N) is 1. The maximum absolute atomic E-state index is 6.03. The van der Waals surface area contributed by atoms with E-state index in [0.29, 0.717) is 12.1 Å². The number of benzene rings is 1. The summed E-state index contributed by atoms with van der Waals surface area (Å²) >= 11 is 0. The van der Waals surface area contributed by atoms with Crippen molar-refractivity contribution >= 4 is 0 Å². The van der Waals surface area contributed by atoms with E-state index < -0.39 is 0 Å². The standard InChI is InChI=1S/C16H24N2O2/c1-12-9-14(17)5-6-18(12)11-13-3-4-15-16(10-13)20-8-2-7-19-15/h3-4,10,12,14H,2,5-9,11,17H2,1H3. The number of piperidine rings is 1. The second kappa shape index (κ2) is 6.02. The monoisotopic (exact) mass is 276 g/mol. The number of ether oxygens (including phenoxy) is 2. The van der Waals surface area contributed by atoms with Gasteiger partial charge in [0.15, 0.2) is 11.5 Å². The van der Waals surface area contributed by atoms with Crippen LogP contribution in [0.3, 0.4) is 0 Å². The van der Waals surface area contributed by atoms with E-state index in [9.17, 15) is 0 Å². The van der Waals surface area contributed by atoms with Gasteiger partial charge in [-0.25, -0.2) is 0 Å². The summed E-state index contributed by atoms with van der Waals surface area (Å²) in [5.41, 5.74) is 7.31. The lowest BCUT2D eigenvalue weighted by atomic mass is 9.98. The van der Waals surface area contributed by atoms with Crippen LogP contribution in [0.25, 0.3) is 0 Å². The molecule has 1 saturated heterocycles. The van der Waals surface area contributed by atoms with Gasteiger partial charge in [-0.2, -0.15) is 0 Å². The molecule has 0 bridgehead atoms. The summed E-state index contributed by atoms with van der Waals surface area (Å²) in [4.78, 5) is 2.50. The molecule has 3 rings (SSSR count). The molecule has 4 nitrogen and oxygen atoms in total. The number of fused-ring (bicyclic) bond motifs is 1. The lowest BCUT2D eigenvalue weighted by Crippen LogP contribution is -2.44. The third-order valence-corrected chi connectivity index (χ3v) is 4.25. The summed E-state index contributed by atoms with van der Waals surface area (Å²) in [6.07, 6.45) is 3.13. The van der Waals surface area contributed by atoms with Crippen molar-refractivity contribution in [3.63, 3.8) is 0 Å². The quantitative estimate of drug-likeness (QED) is 0.899. The van der Waals surface area contributed by atoms with Crippen molar-refractivity contribution in [2.75, 3.05) is 19.8 Å². The van der Waals surface area contributed by atoms with Crippen LogP contribution in [0.1, 0.15) is 31.7 Å². The highest BCUT2D eigenvalue weighted by Crippen LogP contribution is 2.31. The van der Waals surface area contributed by atoms with Gasteiger partial charge in [-0.3, -0.25) is 4.90 Å². The Morgan fingerprint density at radius 2 is 2.05 bits per heavy atom. The van der Waals surface area contributed by atoms with E-state index in [-0.39, 0.29) is 0 Å². The van der Waals surface area contributed by atoms with Crippen LogP contribution >= 0.6 is 0 Å². The first kappa shape index (κ1) is 13.7. The average Bonchev–Trinajstić information content (AvgIpc) is 2.66. The molecule has 20 heavy (non-hydrogen) atoms. The zero-order valence-corrected chi connectivity index (χ0v) is 12.2. The fourth-order valence-electron chi connectivity index (χ4n) is 3.03. The van der Waals surface area contributed by atoms with Crippen molar-refractivity contribution < 1.29 is 9.47 Å². The van der Waals surface area contributed by atoms with Crippen molar-refractivity contribution in [2.45, 2.75) is 44.8 Å². The topological polar surface area (TPSA) is 47.7 Å². The first-order valence-corrected chi connectivity index (χ1v) is 7.60. The molecule has 0 aromatic heterocycles. The molecular formula is C16H24N2O2. The van der Waals surface area contributed by atoms with Crippen LogP contribution in [0.15, 0.2) is 18.2 Å². The summed E-state index contributed by atoms with van der Waals surface area (Å²) in [5.74, 6) is 1.77. The second-order valence-electron chi connectivity index (χ2n) is 5.94. The largest absolute Gasteiger partial charge is 0.490 e. The first-order valence-electron chi connectivity index (χ1n) is 7.60. The number of likely N-dealkylation sites (tertiary alicyclic amines) is 1. The molecule has 0 aliphatic carbocycles. The Labute approximate surface area is 120 Å². The summed E-state index contributed by atoms with van der Waals surface area (Å²) < 4.78 is 11.4. The molecule has 2 aliphatic rings. The number of hydrogen-bond donors (Lipinski definition) is 1. The zero-order chi connectivity index (χ0) is 13.9. The third-order valence-electron chi connectivity index (χ3n) is 4.25. The van der Waals surface area contributed by atoms with Gasteiger partial charge in [0.2, 0.25) is 0 Å². The fraction of sp³-hybridized carbons (Fsp3) is 0.625. The smallest absolute Gasteiger partial charge is 0.161 e. The summed E-state index contributed by atoms with van der Waals surface area (Å²) in [7, 11) is 0. The van der Waals surface area contributed by atoms with Crippen LogP contribution in [-0.2, 0) is 6.54 Å². The van der Waals surface area contributed by atoms with Crippen LogP contribution in [0.2, 0.25) is 0 Å². The molecule has 2 N–H and O–H groups in total. The average molecular weight is 276 g/mol. The normalized spacial score (nSPS) is 27.1. The molecule has 2 aliphatic heterocycles. The first-order chi connectivity index (χ1) is 9.72. The Balaban J connectivity index is 1.70. The Bertz CT molecular complexity index is 464. The zero-order valence-electron chi connectivity index (χ0n) is 12.2. The van der Waals surface area contributed by atoms with Crippen molar-refractivity contribution in [3.05, 3.63) is 23.8 Å². The minimum absolute atomic E-state index is 0.366. The van der Waals surface area contributed by atoms with Crippen LogP contribution < -0.4 is 15.2 Å². The van der Waals surface area contributed by atoms with Gasteiger partial charge in [0.05, 0.1) is 13.2 Å². The lowest BCUT2D eigenvalue weighted by Gasteiger charge is -2.36. The highest BCUT2D eigenvalue weighted by Gasteiger charge is 2.23. The van der Waals surface area contributed by atoms with Crippen LogP contribution in [0.5, 0.6) is 11.5 Å². The molecule has 2 unspecified atom stereocenters. The van der Waals surface area contributed by atoms with E-state index in [1.54, 1.807) is 0 Å². The Morgan fingerprint density at radius 1 is 1.25 bits per heavy atom. The van der Waals surface area contributed by atoms with E-state index in [0.717, 1.165) is 57.1 Å². The number of rotatable bonds is 2. The van der Waals surface area contributed by atoms with Gasteiger partial charge >= 0.3 is 0 Å². The molecule has 2 heterocycles. The van der Waals surface area contributed by atoms with Crippen LogP contribution in [-0.4, -0.2) is 36.7 Å². The van der Waals surface area contributed by atoms with Gasteiger partial charge < -0.3 is 15.2 Å². The number of nitrogens with two attached hydrogens (primary N) is 1. The predicted molar refractivity (Wildman–Crippen MR) is 79.1 cm³/mol. The van der Waals surface area contributed by atoms with Crippen LogP contribution in [0, 0.1) is 0 Å². The Morgan fingerprint density at radius 3 is 2.85 bits per heavy atom. The van der Waals surface area contributed by atoms with Gasteiger partial charge in [-0.1, -0.05) is 6.07 Å². The SMILES string of the molecule is CC1CC(N)CCN1Cc1ccc2c(c1)OCCCO2. The molecule has 1 aromatic rings. The fourth-order valence-corrected chi connectivity index (χ4v) is 3.03. The van der Waals surface area contributed by atoms with Crippen molar-refractivity contribution in [1.29, 1.82) is 0 Å². The second-order valence-corrected chi connectivity index (χ2v) is 5.94. The van der Waals surface area contributed by atoms with Gasteiger partial charge in [0.25, 0.3) is 0 Å².